The average molecular weight is 224 g/mol. The Morgan fingerprint density at radius 3 is 2.50 bits per heavy atom. The van der Waals surface area contributed by atoms with Crippen molar-refractivity contribution in [2.75, 3.05) is 6.61 Å². The summed E-state index contributed by atoms with van der Waals surface area (Å²) in [5.41, 5.74) is 2.11. The van der Waals surface area contributed by atoms with Gasteiger partial charge in [-0.2, -0.15) is 0 Å². The Morgan fingerprint density at radius 2 is 2.00 bits per heavy atom. The van der Waals surface area contributed by atoms with Gasteiger partial charge in [0.2, 0.25) is 0 Å². The van der Waals surface area contributed by atoms with E-state index in [1.807, 2.05) is 45.9 Å². The van der Waals surface area contributed by atoms with Crippen molar-refractivity contribution in [2.24, 2.45) is 0 Å². The van der Waals surface area contributed by atoms with Crippen LogP contribution < -0.4 is 4.74 Å². The molecule has 16 heavy (non-hydrogen) atoms. The van der Waals surface area contributed by atoms with E-state index in [0.717, 1.165) is 17.5 Å². The number of benzene rings is 1. The number of aryl methyl sites for hydroxylation is 2. The van der Waals surface area contributed by atoms with Gasteiger partial charge in [-0.3, -0.25) is 0 Å². The molecule has 1 rings (SSSR count). The lowest BCUT2D eigenvalue weighted by atomic mass is 10.1. The van der Waals surface area contributed by atoms with Crippen LogP contribution in [0.1, 0.15) is 31.9 Å². The van der Waals surface area contributed by atoms with E-state index in [1.165, 1.54) is 0 Å². The van der Waals surface area contributed by atoms with Gasteiger partial charge in [-0.1, -0.05) is 32.9 Å². The first-order valence-electron chi connectivity index (χ1n) is 5.57. The van der Waals surface area contributed by atoms with Gasteiger partial charge in [0.05, 0.1) is 0 Å². The highest BCUT2D eigenvalue weighted by Crippen LogP contribution is 2.19. The Balaban J connectivity index is 0.00000106. The van der Waals surface area contributed by atoms with E-state index in [9.17, 15) is 4.79 Å². The van der Waals surface area contributed by atoms with Crippen LogP contribution in [0.2, 0.25) is 0 Å². The molecule has 0 aromatic heterocycles. The van der Waals surface area contributed by atoms with Gasteiger partial charge in [0.25, 0.3) is 0 Å². The van der Waals surface area contributed by atoms with E-state index in [0.29, 0.717) is 5.75 Å². The fourth-order valence-corrected chi connectivity index (χ4v) is 1.16. The fourth-order valence-electron chi connectivity index (χ4n) is 1.16. The molecule has 0 heterocycles. The van der Waals surface area contributed by atoms with Crippen molar-refractivity contribution in [3.05, 3.63) is 29.3 Å². The predicted molar refractivity (Wildman–Crippen MR) is 65.0 cm³/mol. The molecule has 0 aliphatic rings. The number of ether oxygens (including phenoxy) is 1. The monoisotopic (exact) mass is 224 g/mol. The number of hydrogen-bond acceptors (Lipinski definition) is 2. The van der Waals surface area contributed by atoms with Crippen molar-refractivity contribution < 1.29 is 14.6 Å². The molecule has 0 radical (unpaired) electrons. The first kappa shape index (κ1) is 14.5. The van der Waals surface area contributed by atoms with Crippen LogP contribution in [-0.2, 0) is 11.2 Å². The molecule has 0 bridgehead atoms. The second kappa shape index (κ2) is 7.74. The molecule has 1 aromatic carbocycles. The lowest BCUT2D eigenvalue weighted by Gasteiger charge is -2.08. The molecule has 0 unspecified atom stereocenters. The van der Waals surface area contributed by atoms with Crippen molar-refractivity contribution in [1.82, 2.24) is 0 Å². The highest BCUT2D eigenvalue weighted by molar-refractivity contribution is 5.68. The smallest absolute Gasteiger partial charge is 0.341 e. The molecule has 0 atom stereocenters. The Bertz CT molecular complexity index is 332. The molecule has 0 aliphatic heterocycles. The molecule has 90 valence electrons. The lowest BCUT2D eigenvalue weighted by molar-refractivity contribution is -0.139. The van der Waals surface area contributed by atoms with Gasteiger partial charge >= 0.3 is 5.97 Å². The summed E-state index contributed by atoms with van der Waals surface area (Å²) in [7, 11) is 0. The van der Waals surface area contributed by atoms with Gasteiger partial charge in [-0.25, -0.2) is 4.79 Å². The van der Waals surface area contributed by atoms with Crippen LogP contribution in [0.25, 0.3) is 0 Å². The minimum atomic E-state index is -0.952. The topological polar surface area (TPSA) is 46.5 Å². The van der Waals surface area contributed by atoms with Crippen molar-refractivity contribution in [1.29, 1.82) is 0 Å². The summed E-state index contributed by atoms with van der Waals surface area (Å²) >= 11 is 0. The van der Waals surface area contributed by atoms with Gasteiger partial charge in [-0.15, -0.1) is 0 Å². The molecule has 1 aromatic rings. The van der Waals surface area contributed by atoms with Gasteiger partial charge in [0.1, 0.15) is 5.75 Å². The van der Waals surface area contributed by atoms with Crippen LogP contribution in [0.15, 0.2) is 18.2 Å². The van der Waals surface area contributed by atoms with Crippen molar-refractivity contribution in [3.63, 3.8) is 0 Å². The summed E-state index contributed by atoms with van der Waals surface area (Å²) in [6, 6.07) is 5.84. The molecule has 0 spiro atoms. The third kappa shape index (κ3) is 4.82. The number of hydrogen-bond donors (Lipinski definition) is 1. The first-order valence-corrected chi connectivity index (χ1v) is 5.57. The zero-order valence-corrected chi connectivity index (χ0v) is 10.4. The van der Waals surface area contributed by atoms with E-state index < -0.39 is 5.97 Å². The van der Waals surface area contributed by atoms with Crippen molar-refractivity contribution >= 4 is 5.97 Å². The number of carboxylic acid groups (broad SMARTS) is 1. The summed E-state index contributed by atoms with van der Waals surface area (Å²) in [4.78, 5) is 10.3. The third-order valence-electron chi connectivity index (χ3n) is 2.01. The maximum absolute atomic E-state index is 10.3. The Hall–Kier alpha value is -1.51. The van der Waals surface area contributed by atoms with E-state index in [2.05, 4.69) is 0 Å². The second-order valence-electron chi connectivity index (χ2n) is 3.14. The molecule has 0 amide bonds. The van der Waals surface area contributed by atoms with Crippen molar-refractivity contribution in [2.45, 2.75) is 34.1 Å². The number of carbonyl (C=O) groups is 1. The summed E-state index contributed by atoms with van der Waals surface area (Å²) in [5.74, 6) is -0.293. The van der Waals surface area contributed by atoms with Gasteiger partial charge in [0.15, 0.2) is 6.61 Å². The van der Waals surface area contributed by atoms with Crippen LogP contribution in [0.3, 0.4) is 0 Å². The third-order valence-corrected chi connectivity index (χ3v) is 2.01. The molecule has 0 aliphatic carbocycles. The maximum Gasteiger partial charge on any atom is 0.341 e. The molecule has 0 fully saturated rings. The molecule has 3 heteroatoms. The Labute approximate surface area is 97.1 Å². The van der Waals surface area contributed by atoms with E-state index in [1.54, 1.807) is 0 Å². The van der Waals surface area contributed by atoms with Gasteiger partial charge in [-0.05, 0) is 30.5 Å². The van der Waals surface area contributed by atoms with Gasteiger partial charge < -0.3 is 9.84 Å². The molecule has 0 saturated heterocycles. The molecular formula is C13H20O3. The summed E-state index contributed by atoms with van der Waals surface area (Å²) in [6.45, 7) is 7.66. The van der Waals surface area contributed by atoms with E-state index >= 15 is 0 Å². The van der Waals surface area contributed by atoms with Crippen LogP contribution >= 0.6 is 0 Å². The van der Waals surface area contributed by atoms with Crippen molar-refractivity contribution in [3.8, 4) is 5.75 Å². The number of rotatable bonds is 4. The number of carboxylic acids is 1. The highest BCUT2D eigenvalue weighted by Gasteiger charge is 2.03. The van der Waals surface area contributed by atoms with Gasteiger partial charge in [0, 0.05) is 0 Å². The minimum absolute atomic E-state index is 0.284. The summed E-state index contributed by atoms with van der Waals surface area (Å²) in [5, 5.41) is 8.47. The molecule has 3 nitrogen and oxygen atoms in total. The van der Waals surface area contributed by atoms with Crippen LogP contribution in [-0.4, -0.2) is 17.7 Å². The summed E-state index contributed by atoms with van der Waals surface area (Å²) in [6.07, 6.45) is 0.920. The van der Waals surface area contributed by atoms with Crippen LogP contribution in [0.4, 0.5) is 0 Å². The summed E-state index contributed by atoms with van der Waals surface area (Å²) < 4.78 is 5.14. The normalized spacial score (nSPS) is 9.00. The highest BCUT2D eigenvalue weighted by atomic mass is 16.5. The zero-order chi connectivity index (χ0) is 12.6. The minimum Gasteiger partial charge on any atom is -0.482 e. The molecule has 1 N–H and O–H groups in total. The van der Waals surface area contributed by atoms with E-state index in [4.69, 9.17) is 9.84 Å². The Kier molecular flexibility index (Phi) is 7.01. The fraction of sp³-hybridized carbons (Fsp3) is 0.462. The maximum atomic E-state index is 10.3. The zero-order valence-electron chi connectivity index (χ0n) is 10.4. The average Bonchev–Trinajstić information content (AvgIpc) is 2.30. The molecule has 0 saturated carbocycles. The first-order chi connectivity index (χ1) is 7.63. The SMILES string of the molecule is CC.CCc1ccc(C)c(OCC(=O)O)c1. The van der Waals surface area contributed by atoms with E-state index in [-0.39, 0.29) is 6.61 Å². The quantitative estimate of drug-likeness (QED) is 0.855. The predicted octanol–water partition coefficient (Wildman–Crippen LogP) is 3.05. The molecular weight excluding hydrogens is 204 g/mol. The standard InChI is InChI=1S/C11H14O3.C2H6/c1-3-9-5-4-8(2)10(6-9)14-7-11(12)13;1-2/h4-6H,3,7H2,1-2H3,(H,12,13);1-2H3. The second-order valence-corrected chi connectivity index (χ2v) is 3.14. The largest absolute Gasteiger partial charge is 0.482 e. The lowest BCUT2D eigenvalue weighted by Crippen LogP contribution is -2.10. The number of aliphatic carboxylic acids is 1. The Morgan fingerprint density at radius 1 is 1.38 bits per heavy atom. The van der Waals surface area contributed by atoms with Crippen LogP contribution in [0, 0.1) is 6.92 Å². The van der Waals surface area contributed by atoms with Crippen LogP contribution in [0.5, 0.6) is 5.75 Å².